The van der Waals surface area contributed by atoms with Gasteiger partial charge in [-0.2, -0.15) is 15.0 Å². The fourth-order valence-corrected chi connectivity index (χ4v) is 2.98. The van der Waals surface area contributed by atoms with Crippen molar-refractivity contribution >= 4 is 17.8 Å². The minimum Gasteiger partial charge on any atom is -0.395 e. The first-order chi connectivity index (χ1) is 13.2. The second kappa shape index (κ2) is 14.4. The molecule has 0 unspecified atom stereocenters. The Morgan fingerprint density at radius 1 is 0.667 bits per heavy atom. The molecule has 1 aromatic rings. The Labute approximate surface area is 163 Å². The van der Waals surface area contributed by atoms with Crippen LogP contribution in [0.5, 0.6) is 0 Å². The van der Waals surface area contributed by atoms with E-state index in [-0.39, 0.29) is 19.2 Å². The number of rotatable bonds is 16. The van der Waals surface area contributed by atoms with Crippen molar-refractivity contribution in [3.8, 4) is 0 Å². The van der Waals surface area contributed by atoms with Gasteiger partial charge in [0, 0.05) is 26.2 Å². The van der Waals surface area contributed by atoms with E-state index >= 15 is 0 Å². The third kappa shape index (κ3) is 9.19. The summed E-state index contributed by atoms with van der Waals surface area (Å²) in [4.78, 5) is 17.1. The summed E-state index contributed by atoms with van der Waals surface area (Å²) in [6, 6.07) is 0. The maximum atomic E-state index is 9.41. The van der Waals surface area contributed by atoms with E-state index in [0.29, 0.717) is 25.0 Å². The zero-order chi connectivity index (χ0) is 19.9. The number of hydrogen-bond donors (Lipinski definition) is 3. The van der Waals surface area contributed by atoms with Crippen LogP contribution in [-0.2, 0) is 0 Å². The van der Waals surface area contributed by atoms with Crippen molar-refractivity contribution in [3.63, 3.8) is 0 Å². The molecule has 8 nitrogen and oxygen atoms in total. The van der Waals surface area contributed by atoms with Crippen LogP contribution in [0.3, 0.4) is 0 Å². The lowest BCUT2D eigenvalue weighted by Gasteiger charge is -2.25. The normalized spacial score (nSPS) is 11.0. The van der Waals surface area contributed by atoms with E-state index in [1.807, 2.05) is 9.80 Å². The van der Waals surface area contributed by atoms with E-state index in [0.717, 1.165) is 38.8 Å². The van der Waals surface area contributed by atoms with Gasteiger partial charge in [-0.3, -0.25) is 0 Å². The molecule has 0 aromatic carbocycles. The van der Waals surface area contributed by atoms with Crippen molar-refractivity contribution in [2.24, 2.45) is 0 Å². The average Bonchev–Trinajstić information content (AvgIpc) is 2.66. The molecule has 8 heteroatoms. The minimum atomic E-state index is 0.0338. The van der Waals surface area contributed by atoms with Gasteiger partial charge in [-0.05, 0) is 12.8 Å². The van der Waals surface area contributed by atoms with Crippen molar-refractivity contribution in [2.45, 2.75) is 65.2 Å². The lowest BCUT2D eigenvalue weighted by molar-refractivity contribution is 0.300. The number of nitrogens with zero attached hydrogens (tertiary/aromatic N) is 5. The summed E-state index contributed by atoms with van der Waals surface area (Å²) in [5.41, 5.74) is 5.94. The van der Waals surface area contributed by atoms with Gasteiger partial charge in [0.15, 0.2) is 0 Å². The fraction of sp³-hybridized carbons (Fsp3) is 0.842. The van der Waals surface area contributed by atoms with Gasteiger partial charge in [-0.1, -0.05) is 52.4 Å². The first-order valence-electron chi connectivity index (χ1n) is 10.4. The molecular formula is C19H38N6O2. The van der Waals surface area contributed by atoms with Crippen LogP contribution in [0.25, 0.3) is 0 Å². The summed E-state index contributed by atoms with van der Waals surface area (Å²) >= 11 is 0. The van der Waals surface area contributed by atoms with Crippen LogP contribution >= 0.6 is 0 Å². The number of nitrogens with two attached hydrogens (primary N) is 1. The van der Waals surface area contributed by atoms with Crippen LogP contribution in [0.1, 0.15) is 65.2 Å². The van der Waals surface area contributed by atoms with Gasteiger partial charge in [-0.15, -0.1) is 0 Å². The third-order valence-corrected chi connectivity index (χ3v) is 4.50. The zero-order valence-electron chi connectivity index (χ0n) is 17.1. The largest absolute Gasteiger partial charge is 0.395 e. The summed E-state index contributed by atoms with van der Waals surface area (Å²) in [5.74, 6) is 1.17. The molecular weight excluding hydrogens is 344 g/mol. The Morgan fingerprint density at radius 2 is 1.11 bits per heavy atom. The van der Waals surface area contributed by atoms with Crippen LogP contribution in [0.4, 0.5) is 17.8 Å². The van der Waals surface area contributed by atoms with Crippen LogP contribution in [0, 0.1) is 0 Å². The van der Waals surface area contributed by atoms with Crippen LogP contribution in [-0.4, -0.2) is 64.6 Å². The summed E-state index contributed by atoms with van der Waals surface area (Å²) in [6.45, 7) is 6.91. The standard InChI is InChI=1S/C19H38N6O2/c1-3-5-7-9-11-24(13-15-26)18-21-17(20)22-19(23-18)25(14-16-27)12-10-8-6-4-2/h26-27H,3-16H2,1-2H3,(H2,20,21,22,23). The number of anilines is 3. The highest BCUT2D eigenvalue weighted by molar-refractivity contribution is 5.43. The van der Waals surface area contributed by atoms with Crippen molar-refractivity contribution in [2.75, 3.05) is 54.9 Å². The van der Waals surface area contributed by atoms with Crippen molar-refractivity contribution < 1.29 is 10.2 Å². The Morgan fingerprint density at radius 3 is 1.48 bits per heavy atom. The Balaban J connectivity index is 2.88. The Hall–Kier alpha value is -1.67. The zero-order valence-corrected chi connectivity index (χ0v) is 17.1. The van der Waals surface area contributed by atoms with Crippen molar-refractivity contribution in [3.05, 3.63) is 0 Å². The van der Waals surface area contributed by atoms with Crippen molar-refractivity contribution in [1.29, 1.82) is 0 Å². The molecule has 0 aliphatic heterocycles. The average molecular weight is 383 g/mol. The van der Waals surface area contributed by atoms with Gasteiger partial charge in [0.1, 0.15) is 0 Å². The van der Waals surface area contributed by atoms with Crippen LogP contribution < -0.4 is 15.5 Å². The highest BCUT2D eigenvalue weighted by atomic mass is 16.3. The van der Waals surface area contributed by atoms with Crippen molar-refractivity contribution in [1.82, 2.24) is 15.0 Å². The van der Waals surface area contributed by atoms with E-state index in [1.54, 1.807) is 0 Å². The predicted octanol–water partition coefficient (Wildman–Crippen LogP) is 2.21. The number of aromatic nitrogens is 3. The number of unbranched alkanes of at least 4 members (excludes halogenated alkanes) is 6. The maximum absolute atomic E-state index is 9.41. The molecule has 0 atom stereocenters. The van der Waals surface area contributed by atoms with Gasteiger partial charge in [0.05, 0.1) is 13.2 Å². The number of aliphatic hydroxyl groups excluding tert-OH is 2. The molecule has 0 fully saturated rings. The molecule has 27 heavy (non-hydrogen) atoms. The molecule has 0 aliphatic rings. The molecule has 0 saturated heterocycles. The van der Waals surface area contributed by atoms with Gasteiger partial charge >= 0.3 is 0 Å². The fourth-order valence-electron chi connectivity index (χ4n) is 2.98. The molecule has 0 saturated carbocycles. The summed E-state index contributed by atoms with van der Waals surface area (Å²) in [5, 5.41) is 18.8. The van der Waals surface area contributed by atoms with E-state index < -0.39 is 0 Å². The van der Waals surface area contributed by atoms with Gasteiger partial charge < -0.3 is 25.7 Å². The molecule has 0 amide bonds. The number of hydrogen-bond acceptors (Lipinski definition) is 8. The monoisotopic (exact) mass is 382 g/mol. The Kier molecular flexibility index (Phi) is 12.5. The summed E-state index contributed by atoms with van der Waals surface area (Å²) < 4.78 is 0. The Bertz CT molecular complexity index is 463. The van der Waals surface area contributed by atoms with Gasteiger partial charge in [0.25, 0.3) is 0 Å². The molecule has 0 spiro atoms. The molecule has 1 aromatic heterocycles. The second-order valence-corrected chi connectivity index (χ2v) is 6.84. The lowest BCUT2D eigenvalue weighted by atomic mass is 10.2. The minimum absolute atomic E-state index is 0.0338. The van der Waals surface area contributed by atoms with E-state index in [4.69, 9.17) is 5.73 Å². The molecule has 1 rings (SSSR count). The van der Waals surface area contributed by atoms with E-state index in [9.17, 15) is 10.2 Å². The third-order valence-electron chi connectivity index (χ3n) is 4.50. The second-order valence-electron chi connectivity index (χ2n) is 6.84. The molecule has 0 radical (unpaired) electrons. The summed E-state index contributed by atoms with van der Waals surface area (Å²) in [6.07, 6.45) is 9.06. The highest BCUT2D eigenvalue weighted by Gasteiger charge is 2.16. The predicted molar refractivity (Wildman–Crippen MR) is 111 cm³/mol. The molecule has 1 heterocycles. The first kappa shape index (κ1) is 23.4. The van der Waals surface area contributed by atoms with E-state index in [1.165, 1.54) is 25.7 Å². The SMILES string of the molecule is CCCCCCN(CCO)c1nc(N)nc(N(CCO)CCCCCC)n1. The smallest absolute Gasteiger partial charge is 0.232 e. The molecule has 0 bridgehead atoms. The van der Waals surface area contributed by atoms with Gasteiger partial charge in [0.2, 0.25) is 17.8 Å². The molecule has 156 valence electrons. The van der Waals surface area contributed by atoms with Gasteiger partial charge in [-0.25, -0.2) is 0 Å². The summed E-state index contributed by atoms with van der Waals surface area (Å²) in [7, 11) is 0. The number of aliphatic hydroxyl groups is 2. The highest BCUT2D eigenvalue weighted by Crippen LogP contribution is 2.17. The first-order valence-corrected chi connectivity index (χ1v) is 10.4. The van der Waals surface area contributed by atoms with Crippen LogP contribution in [0.2, 0.25) is 0 Å². The lowest BCUT2D eigenvalue weighted by Crippen LogP contribution is -2.33. The number of nitrogen functional groups attached to an aromatic ring is 1. The quantitative estimate of drug-likeness (QED) is 0.373. The topological polar surface area (TPSA) is 112 Å². The van der Waals surface area contributed by atoms with Crippen LogP contribution in [0.15, 0.2) is 0 Å². The molecule has 4 N–H and O–H groups in total. The molecule has 0 aliphatic carbocycles. The van der Waals surface area contributed by atoms with E-state index in [2.05, 4.69) is 28.8 Å². The maximum Gasteiger partial charge on any atom is 0.232 e.